The number of nitrogens with zero attached hydrogens (tertiary/aromatic N) is 1. The number of nitrogens with one attached hydrogen (secondary N) is 1. The van der Waals surface area contributed by atoms with Crippen LogP contribution in [0.15, 0.2) is 28.8 Å². The number of aromatic nitrogens is 1. The van der Waals surface area contributed by atoms with E-state index >= 15 is 0 Å². The molecule has 0 radical (unpaired) electrons. The second kappa shape index (κ2) is 4.79. The third kappa shape index (κ3) is 2.60. The van der Waals surface area contributed by atoms with Gasteiger partial charge >= 0.3 is 0 Å². The van der Waals surface area contributed by atoms with Gasteiger partial charge in [0, 0.05) is 5.56 Å². The Balaban J connectivity index is 2.01. The van der Waals surface area contributed by atoms with E-state index < -0.39 is 0 Å². The highest BCUT2D eigenvalue weighted by Crippen LogP contribution is 2.20. The number of aromatic hydroxyl groups is 1. The van der Waals surface area contributed by atoms with Gasteiger partial charge in [-0.1, -0.05) is 0 Å². The second-order valence-corrected chi connectivity index (χ2v) is 3.82. The highest BCUT2D eigenvalue weighted by Gasteiger charge is 2.09. The van der Waals surface area contributed by atoms with Crippen molar-refractivity contribution in [3.8, 4) is 5.75 Å². The summed E-state index contributed by atoms with van der Waals surface area (Å²) in [6.45, 7) is 1.97. The van der Waals surface area contributed by atoms with Crippen LogP contribution in [-0.4, -0.2) is 16.0 Å². The summed E-state index contributed by atoms with van der Waals surface area (Å²) in [5.74, 6) is 0.667. The summed E-state index contributed by atoms with van der Waals surface area (Å²) >= 11 is 0. The van der Waals surface area contributed by atoms with Gasteiger partial charge in [0.05, 0.1) is 18.4 Å². The summed E-state index contributed by atoms with van der Waals surface area (Å²) in [6, 6.07) is 4.32. The molecule has 2 rings (SSSR count). The Morgan fingerprint density at radius 3 is 2.94 bits per heavy atom. The molecule has 0 saturated carbocycles. The Kier molecular flexibility index (Phi) is 3.18. The topological polar surface area (TPSA) is 101 Å². The molecule has 1 aromatic carbocycles. The van der Waals surface area contributed by atoms with Crippen molar-refractivity contribution in [3.05, 3.63) is 41.6 Å². The van der Waals surface area contributed by atoms with Crippen molar-refractivity contribution in [2.24, 2.45) is 0 Å². The van der Waals surface area contributed by atoms with Crippen LogP contribution in [0.25, 0.3) is 0 Å². The summed E-state index contributed by atoms with van der Waals surface area (Å²) in [5, 5.41) is 12.0. The Labute approximate surface area is 103 Å². The van der Waals surface area contributed by atoms with Crippen molar-refractivity contribution >= 4 is 11.6 Å². The number of carbonyl (C=O) groups excluding carboxylic acids is 1. The summed E-state index contributed by atoms with van der Waals surface area (Å²) in [4.78, 5) is 15.7. The molecule has 0 aliphatic carbocycles. The number of benzene rings is 1. The van der Waals surface area contributed by atoms with Crippen LogP contribution < -0.4 is 11.1 Å². The molecule has 4 N–H and O–H groups in total. The second-order valence-electron chi connectivity index (χ2n) is 3.82. The van der Waals surface area contributed by atoms with Gasteiger partial charge in [-0.15, -0.1) is 0 Å². The summed E-state index contributed by atoms with van der Waals surface area (Å²) in [6.07, 6.45) is 1.58. The van der Waals surface area contributed by atoms with E-state index in [2.05, 4.69) is 10.3 Å². The van der Waals surface area contributed by atoms with Crippen molar-refractivity contribution in [1.82, 2.24) is 10.3 Å². The van der Waals surface area contributed by atoms with Crippen LogP contribution in [0.4, 0.5) is 5.69 Å². The van der Waals surface area contributed by atoms with Crippen LogP contribution in [-0.2, 0) is 6.54 Å². The fourth-order valence-electron chi connectivity index (χ4n) is 1.43. The fraction of sp³-hybridized carbons (Fsp3) is 0.167. The highest BCUT2D eigenvalue weighted by atomic mass is 16.4. The minimum atomic E-state index is -0.332. The maximum absolute atomic E-state index is 11.8. The number of phenolic OH excluding ortho intramolecular Hbond substituents is 1. The molecule has 0 unspecified atom stereocenters. The molecule has 0 saturated heterocycles. The van der Waals surface area contributed by atoms with Gasteiger partial charge in [0.1, 0.15) is 11.5 Å². The zero-order chi connectivity index (χ0) is 13.1. The average molecular weight is 247 g/mol. The van der Waals surface area contributed by atoms with Gasteiger partial charge in [-0.3, -0.25) is 4.79 Å². The third-order valence-electron chi connectivity index (χ3n) is 2.36. The Bertz CT molecular complexity index is 578. The molecule has 0 atom stereocenters. The summed E-state index contributed by atoms with van der Waals surface area (Å²) < 4.78 is 5.22. The number of rotatable bonds is 3. The molecule has 6 nitrogen and oxygen atoms in total. The summed E-state index contributed by atoms with van der Waals surface area (Å²) in [5.41, 5.74) is 6.01. The third-order valence-corrected chi connectivity index (χ3v) is 2.36. The molecule has 18 heavy (non-hydrogen) atoms. The van der Waals surface area contributed by atoms with Crippen LogP contribution >= 0.6 is 0 Å². The zero-order valence-electron chi connectivity index (χ0n) is 9.80. The number of amides is 1. The first-order chi connectivity index (χ1) is 8.56. The van der Waals surface area contributed by atoms with E-state index in [4.69, 9.17) is 10.2 Å². The first-order valence-electron chi connectivity index (χ1n) is 5.34. The van der Waals surface area contributed by atoms with E-state index in [-0.39, 0.29) is 23.9 Å². The lowest BCUT2D eigenvalue weighted by Gasteiger charge is -2.04. The smallest absolute Gasteiger partial charge is 0.251 e. The van der Waals surface area contributed by atoms with Gasteiger partial charge in [0.15, 0.2) is 0 Å². The maximum atomic E-state index is 11.8. The minimum Gasteiger partial charge on any atom is -0.506 e. The van der Waals surface area contributed by atoms with E-state index in [0.29, 0.717) is 17.2 Å². The molecule has 0 fully saturated rings. The van der Waals surface area contributed by atoms with Crippen molar-refractivity contribution in [3.63, 3.8) is 0 Å². The van der Waals surface area contributed by atoms with Crippen molar-refractivity contribution in [1.29, 1.82) is 0 Å². The molecular formula is C12H13N3O3. The van der Waals surface area contributed by atoms with Crippen LogP contribution in [0.5, 0.6) is 5.75 Å². The average Bonchev–Trinajstić information content (AvgIpc) is 2.75. The molecular weight excluding hydrogens is 234 g/mol. The number of oxazole rings is 1. The lowest BCUT2D eigenvalue weighted by Crippen LogP contribution is -2.22. The van der Waals surface area contributed by atoms with E-state index in [1.165, 1.54) is 18.2 Å². The standard InChI is InChI=1S/C12H13N3O3/c1-7-5-14-11(18-7)6-15-12(17)8-2-3-9(13)10(16)4-8/h2-5,16H,6,13H2,1H3,(H,15,17). The van der Waals surface area contributed by atoms with Crippen molar-refractivity contribution in [2.75, 3.05) is 5.73 Å². The van der Waals surface area contributed by atoms with E-state index in [0.717, 1.165) is 0 Å². The molecule has 94 valence electrons. The number of nitrogen functional groups attached to an aromatic ring is 1. The normalized spacial score (nSPS) is 10.3. The number of hydrogen-bond donors (Lipinski definition) is 3. The molecule has 0 aliphatic heterocycles. The molecule has 0 bridgehead atoms. The van der Waals surface area contributed by atoms with Gasteiger partial charge in [-0.2, -0.15) is 0 Å². The first-order valence-corrected chi connectivity index (χ1v) is 5.34. The number of aryl methyl sites for hydroxylation is 1. The molecule has 0 spiro atoms. The van der Waals surface area contributed by atoms with Crippen LogP contribution in [0.1, 0.15) is 22.0 Å². The quantitative estimate of drug-likeness (QED) is 0.558. The van der Waals surface area contributed by atoms with Crippen LogP contribution in [0, 0.1) is 6.92 Å². The highest BCUT2D eigenvalue weighted by molar-refractivity contribution is 5.95. The van der Waals surface area contributed by atoms with Gasteiger partial charge in [0.2, 0.25) is 5.89 Å². The lowest BCUT2D eigenvalue weighted by molar-refractivity contribution is 0.0946. The largest absolute Gasteiger partial charge is 0.506 e. The Hall–Kier alpha value is -2.50. The maximum Gasteiger partial charge on any atom is 0.251 e. The lowest BCUT2D eigenvalue weighted by atomic mass is 10.2. The van der Waals surface area contributed by atoms with Crippen LogP contribution in [0.2, 0.25) is 0 Å². The van der Waals surface area contributed by atoms with E-state index in [1.807, 2.05) is 0 Å². The first kappa shape index (κ1) is 12.0. The van der Waals surface area contributed by atoms with Gasteiger partial charge in [0.25, 0.3) is 5.91 Å². The fourth-order valence-corrected chi connectivity index (χ4v) is 1.43. The van der Waals surface area contributed by atoms with E-state index in [9.17, 15) is 9.90 Å². The number of carbonyl (C=O) groups is 1. The number of hydrogen-bond acceptors (Lipinski definition) is 5. The van der Waals surface area contributed by atoms with Crippen molar-refractivity contribution < 1.29 is 14.3 Å². The molecule has 1 amide bonds. The SMILES string of the molecule is Cc1cnc(CNC(=O)c2ccc(N)c(O)c2)o1. The van der Waals surface area contributed by atoms with Crippen LogP contribution in [0.3, 0.4) is 0 Å². The number of phenols is 1. The Morgan fingerprint density at radius 1 is 1.56 bits per heavy atom. The monoisotopic (exact) mass is 247 g/mol. The molecule has 1 heterocycles. The predicted molar refractivity (Wildman–Crippen MR) is 64.9 cm³/mol. The van der Waals surface area contributed by atoms with Gasteiger partial charge < -0.3 is 20.6 Å². The number of anilines is 1. The zero-order valence-corrected chi connectivity index (χ0v) is 9.80. The summed E-state index contributed by atoms with van der Waals surface area (Å²) in [7, 11) is 0. The minimum absolute atomic E-state index is 0.116. The predicted octanol–water partition coefficient (Wildman–Crippen LogP) is 1.20. The Morgan fingerprint density at radius 2 is 2.33 bits per heavy atom. The van der Waals surface area contributed by atoms with Crippen molar-refractivity contribution in [2.45, 2.75) is 13.5 Å². The van der Waals surface area contributed by atoms with Gasteiger partial charge in [-0.25, -0.2) is 4.98 Å². The van der Waals surface area contributed by atoms with E-state index in [1.54, 1.807) is 13.1 Å². The molecule has 0 aliphatic rings. The molecule has 6 heteroatoms. The molecule has 1 aromatic heterocycles. The van der Waals surface area contributed by atoms with Gasteiger partial charge in [-0.05, 0) is 25.1 Å². The molecule has 2 aromatic rings. The number of nitrogens with two attached hydrogens (primary N) is 1.